The smallest absolute Gasteiger partial charge is 0.254 e. The summed E-state index contributed by atoms with van der Waals surface area (Å²) in [5.41, 5.74) is 10.2. The van der Waals surface area contributed by atoms with Crippen molar-refractivity contribution in [3.63, 3.8) is 0 Å². The average molecular weight is 322 g/mol. The maximum Gasteiger partial charge on any atom is 0.254 e. The number of nitrogens with two attached hydrogens (primary N) is 1. The highest BCUT2D eigenvalue weighted by Crippen LogP contribution is 2.33. The third kappa shape index (κ3) is 2.64. The van der Waals surface area contributed by atoms with Gasteiger partial charge in [-0.3, -0.25) is 4.79 Å². The molecule has 1 aliphatic heterocycles. The van der Waals surface area contributed by atoms with Crippen LogP contribution in [0.25, 0.3) is 0 Å². The molecule has 4 rings (SSSR count). The molecule has 0 saturated carbocycles. The van der Waals surface area contributed by atoms with Gasteiger partial charge in [0.25, 0.3) is 5.91 Å². The Labute approximate surface area is 141 Å². The van der Waals surface area contributed by atoms with Crippen LogP contribution in [0, 0.1) is 6.92 Å². The van der Waals surface area contributed by atoms with Gasteiger partial charge < -0.3 is 10.6 Å². The molecule has 1 amide bonds. The van der Waals surface area contributed by atoms with Gasteiger partial charge in [-0.2, -0.15) is 0 Å². The maximum atomic E-state index is 13.1. The molecule has 2 N–H and O–H groups in total. The number of aromatic nitrogens is 2. The van der Waals surface area contributed by atoms with Crippen LogP contribution in [-0.4, -0.2) is 27.3 Å². The zero-order chi connectivity index (χ0) is 16.7. The number of amides is 1. The first-order chi connectivity index (χ1) is 11.6. The first-order valence-corrected chi connectivity index (χ1v) is 8.65. The molecular formula is C19H22N4O. The second kappa shape index (κ2) is 5.89. The van der Waals surface area contributed by atoms with Gasteiger partial charge in [0.05, 0.1) is 11.7 Å². The zero-order valence-corrected chi connectivity index (χ0v) is 14.0. The van der Waals surface area contributed by atoms with Crippen molar-refractivity contribution in [2.75, 3.05) is 12.3 Å². The SMILES string of the molecule is Cc1nc(N)cc([C@H]2CCCN2C(=O)c2ccc3c(c2)CCC3)n1. The van der Waals surface area contributed by atoms with Gasteiger partial charge in [-0.25, -0.2) is 9.97 Å². The molecule has 1 aromatic heterocycles. The number of benzene rings is 1. The van der Waals surface area contributed by atoms with E-state index in [4.69, 9.17) is 5.73 Å². The van der Waals surface area contributed by atoms with Crippen LogP contribution in [0.15, 0.2) is 24.3 Å². The lowest BCUT2D eigenvalue weighted by Crippen LogP contribution is -2.31. The predicted octanol–water partition coefficient (Wildman–Crippen LogP) is 2.83. The van der Waals surface area contributed by atoms with Crippen molar-refractivity contribution < 1.29 is 4.79 Å². The largest absolute Gasteiger partial charge is 0.384 e. The first-order valence-electron chi connectivity index (χ1n) is 8.65. The van der Waals surface area contributed by atoms with Crippen molar-refractivity contribution in [2.24, 2.45) is 0 Å². The first kappa shape index (κ1) is 15.1. The lowest BCUT2D eigenvalue weighted by atomic mass is 10.0. The summed E-state index contributed by atoms with van der Waals surface area (Å²) in [6.45, 7) is 2.60. The summed E-state index contributed by atoms with van der Waals surface area (Å²) in [6, 6.07) is 7.97. The highest BCUT2D eigenvalue weighted by molar-refractivity contribution is 5.95. The van der Waals surface area contributed by atoms with Crippen LogP contribution in [0.2, 0.25) is 0 Å². The van der Waals surface area contributed by atoms with Crippen LogP contribution in [0.5, 0.6) is 0 Å². The molecule has 5 nitrogen and oxygen atoms in total. The summed E-state index contributed by atoms with van der Waals surface area (Å²) in [6.07, 6.45) is 5.33. The number of aryl methyl sites for hydroxylation is 3. The molecule has 5 heteroatoms. The van der Waals surface area contributed by atoms with Gasteiger partial charge >= 0.3 is 0 Å². The zero-order valence-electron chi connectivity index (χ0n) is 14.0. The number of hydrogen-bond donors (Lipinski definition) is 1. The Morgan fingerprint density at radius 3 is 2.83 bits per heavy atom. The summed E-state index contributed by atoms with van der Waals surface area (Å²) < 4.78 is 0. The van der Waals surface area contributed by atoms with E-state index in [1.807, 2.05) is 17.9 Å². The minimum Gasteiger partial charge on any atom is -0.384 e. The van der Waals surface area contributed by atoms with Crippen LogP contribution >= 0.6 is 0 Å². The summed E-state index contributed by atoms with van der Waals surface area (Å²) in [7, 11) is 0. The number of carbonyl (C=O) groups excluding carboxylic acids is 1. The van der Waals surface area contributed by atoms with Gasteiger partial charge in [-0.05, 0) is 62.3 Å². The molecule has 24 heavy (non-hydrogen) atoms. The number of anilines is 1. The predicted molar refractivity (Wildman–Crippen MR) is 92.7 cm³/mol. The third-order valence-corrected chi connectivity index (χ3v) is 5.08. The molecule has 1 aliphatic carbocycles. The second-order valence-electron chi connectivity index (χ2n) is 6.76. The Morgan fingerprint density at radius 2 is 2.00 bits per heavy atom. The number of likely N-dealkylation sites (tertiary alicyclic amines) is 1. The fourth-order valence-corrected chi connectivity index (χ4v) is 3.97. The summed E-state index contributed by atoms with van der Waals surface area (Å²) in [5, 5.41) is 0. The summed E-state index contributed by atoms with van der Waals surface area (Å²) in [5.74, 6) is 1.22. The minimum absolute atomic E-state index is 0.00486. The Hall–Kier alpha value is -2.43. The Bertz CT molecular complexity index is 782. The number of hydrogen-bond acceptors (Lipinski definition) is 4. The van der Waals surface area contributed by atoms with Crippen molar-refractivity contribution in [1.29, 1.82) is 0 Å². The number of carbonyl (C=O) groups is 1. The van der Waals surface area contributed by atoms with Crippen molar-refractivity contribution in [3.05, 3.63) is 52.5 Å². The van der Waals surface area contributed by atoms with Gasteiger partial charge in [0, 0.05) is 18.2 Å². The van der Waals surface area contributed by atoms with Crippen molar-refractivity contribution in [3.8, 4) is 0 Å². The highest BCUT2D eigenvalue weighted by atomic mass is 16.2. The van der Waals surface area contributed by atoms with Crippen LogP contribution in [-0.2, 0) is 12.8 Å². The van der Waals surface area contributed by atoms with Crippen LogP contribution in [0.4, 0.5) is 5.82 Å². The van der Waals surface area contributed by atoms with Crippen LogP contribution in [0.1, 0.15) is 58.3 Å². The van der Waals surface area contributed by atoms with Crippen molar-refractivity contribution in [2.45, 2.75) is 45.1 Å². The standard InChI is InChI=1S/C19H22N4O/c1-12-21-16(11-18(20)22-12)17-6-3-9-23(17)19(24)15-8-7-13-4-2-5-14(13)10-15/h7-8,10-11,17H,2-6,9H2,1H3,(H2,20,21,22)/t17-/m1/s1. The Morgan fingerprint density at radius 1 is 1.17 bits per heavy atom. The van der Waals surface area contributed by atoms with E-state index in [0.29, 0.717) is 11.6 Å². The number of rotatable bonds is 2. The summed E-state index contributed by atoms with van der Waals surface area (Å²) in [4.78, 5) is 23.6. The number of fused-ring (bicyclic) bond motifs is 1. The van der Waals surface area contributed by atoms with E-state index >= 15 is 0 Å². The maximum absolute atomic E-state index is 13.1. The van der Waals surface area contributed by atoms with Crippen molar-refractivity contribution >= 4 is 11.7 Å². The molecular weight excluding hydrogens is 300 g/mol. The van der Waals surface area contributed by atoms with E-state index in [-0.39, 0.29) is 11.9 Å². The van der Waals surface area contributed by atoms with Crippen molar-refractivity contribution in [1.82, 2.24) is 14.9 Å². The van der Waals surface area contributed by atoms with Crippen LogP contribution < -0.4 is 5.73 Å². The van der Waals surface area contributed by atoms with E-state index in [2.05, 4.69) is 22.1 Å². The lowest BCUT2D eigenvalue weighted by molar-refractivity contribution is 0.0732. The fourth-order valence-electron chi connectivity index (χ4n) is 3.97. The molecule has 0 bridgehead atoms. The molecule has 2 heterocycles. The van der Waals surface area contributed by atoms with Crippen LogP contribution in [0.3, 0.4) is 0 Å². The molecule has 2 aliphatic rings. The Kier molecular flexibility index (Phi) is 3.71. The third-order valence-electron chi connectivity index (χ3n) is 5.08. The van der Waals surface area contributed by atoms with E-state index in [0.717, 1.165) is 43.5 Å². The van der Waals surface area contributed by atoms with Gasteiger partial charge in [0.1, 0.15) is 11.6 Å². The molecule has 1 atom stereocenters. The molecule has 0 radical (unpaired) electrons. The fraction of sp³-hybridized carbons (Fsp3) is 0.421. The lowest BCUT2D eigenvalue weighted by Gasteiger charge is -2.25. The average Bonchev–Trinajstić information content (AvgIpc) is 3.21. The van der Waals surface area contributed by atoms with Gasteiger partial charge in [0.2, 0.25) is 0 Å². The Balaban J connectivity index is 1.63. The minimum atomic E-state index is -0.00486. The molecule has 1 aromatic carbocycles. The molecule has 0 spiro atoms. The highest BCUT2D eigenvalue weighted by Gasteiger charge is 2.32. The molecule has 124 valence electrons. The molecule has 2 aromatic rings. The molecule has 0 unspecified atom stereocenters. The molecule has 1 saturated heterocycles. The monoisotopic (exact) mass is 322 g/mol. The topological polar surface area (TPSA) is 72.1 Å². The second-order valence-corrected chi connectivity index (χ2v) is 6.76. The normalized spacial score (nSPS) is 19.5. The molecule has 1 fully saturated rings. The quantitative estimate of drug-likeness (QED) is 0.923. The summed E-state index contributed by atoms with van der Waals surface area (Å²) >= 11 is 0. The van der Waals surface area contributed by atoms with Gasteiger partial charge in [-0.15, -0.1) is 0 Å². The number of nitrogens with zero attached hydrogens (tertiary/aromatic N) is 3. The van der Waals surface area contributed by atoms with E-state index < -0.39 is 0 Å². The van der Waals surface area contributed by atoms with E-state index in [1.54, 1.807) is 6.07 Å². The van der Waals surface area contributed by atoms with Gasteiger partial charge in [0.15, 0.2) is 0 Å². The number of nitrogen functional groups attached to an aromatic ring is 1. The van der Waals surface area contributed by atoms with E-state index in [1.165, 1.54) is 17.5 Å². The van der Waals surface area contributed by atoms with Gasteiger partial charge in [-0.1, -0.05) is 6.07 Å². The van der Waals surface area contributed by atoms with E-state index in [9.17, 15) is 4.79 Å².